The normalized spacial score (nSPS) is 11.5. The van der Waals surface area contributed by atoms with Crippen molar-refractivity contribution in [3.05, 3.63) is 0 Å². The van der Waals surface area contributed by atoms with Crippen LogP contribution in [0.1, 0.15) is 19.8 Å². The van der Waals surface area contributed by atoms with Crippen molar-refractivity contribution < 1.29 is 9.53 Å². The largest absolute Gasteiger partial charge is 0.469 e. The van der Waals surface area contributed by atoms with Crippen LogP contribution >= 0.6 is 0 Å². The second kappa shape index (κ2) is 6.02. The van der Waals surface area contributed by atoms with Crippen molar-refractivity contribution in [1.29, 1.82) is 10.5 Å². The van der Waals surface area contributed by atoms with Crippen LogP contribution in [0.15, 0.2) is 0 Å². The van der Waals surface area contributed by atoms with Crippen LogP contribution in [0.2, 0.25) is 0 Å². The monoisotopic (exact) mass is 180 g/mol. The number of methoxy groups -OCH3 is 1. The number of hydrogen-bond donors (Lipinski definition) is 0. The average Bonchev–Trinajstić information content (AvgIpc) is 2.19. The van der Waals surface area contributed by atoms with E-state index < -0.39 is 5.92 Å². The maximum absolute atomic E-state index is 11.1. The minimum absolute atomic E-state index is 0.260. The summed E-state index contributed by atoms with van der Waals surface area (Å²) in [5, 5.41) is 17.0. The highest BCUT2D eigenvalue weighted by atomic mass is 16.5. The van der Waals surface area contributed by atoms with E-state index in [-0.39, 0.29) is 18.3 Å². The number of carbonyl (C=O) groups excluding carboxylic acids is 1. The number of ether oxygens (including phenoxy) is 1. The van der Waals surface area contributed by atoms with Crippen molar-refractivity contribution in [1.82, 2.24) is 0 Å². The molecule has 13 heavy (non-hydrogen) atoms. The number of rotatable bonds is 4. The molecule has 0 spiro atoms. The van der Waals surface area contributed by atoms with E-state index in [4.69, 9.17) is 10.5 Å². The van der Waals surface area contributed by atoms with E-state index >= 15 is 0 Å². The highest BCUT2D eigenvalue weighted by molar-refractivity contribution is 5.72. The summed E-state index contributed by atoms with van der Waals surface area (Å²) in [4.78, 5) is 11.1. The molecule has 4 heteroatoms. The first-order valence-corrected chi connectivity index (χ1v) is 4.06. The summed E-state index contributed by atoms with van der Waals surface area (Å²) in [5.74, 6) is -1.41. The quantitative estimate of drug-likeness (QED) is 0.610. The lowest BCUT2D eigenvalue weighted by atomic mass is 9.94. The third-order valence-electron chi connectivity index (χ3n) is 1.86. The molecule has 0 aromatic carbocycles. The highest BCUT2D eigenvalue weighted by Gasteiger charge is 2.21. The predicted molar refractivity (Wildman–Crippen MR) is 45.1 cm³/mol. The third kappa shape index (κ3) is 3.57. The molecule has 0 aromatic rings. The number of carbonyl (C=O) groups is 1. The molecule has 0 radical (unpaired) electrons. The van der Waals surface area contributed by atoms with Crippen molar-refractivity contribution in [3.8, 4) is 12.1 Å². The van der Waals surface area contributed by atoms with E-state index in [1.54, 1.807) is 0 Å². The molecule has 4 nitrogen and oxygen atoms in total. The van der Waals surface area contributed by atoms with E-state index in [2.05, 4.69) is 4.74 Å². The molecule has 0 saturated heterocycles. The van der Waals surface area contributed by atoms with Gasteiger partial charge in [0.05, 0.1) is 25.2 Å². The van der Waals surface area contributed by atoms with Crippen LogP contribution in [0.3, 0.4) is 0 Å². The van der Waals surface area contributed by atoms with Crippen LogP contribution in [-0.4, -0.2) is 13.1 Å². The van der Waals surface area contributed by atoms with E-state index in [0.29, 0.717) is 6.42 Å². The fourth-order valence-corrected chi connectivity index (χ4v) is 1.02. The zero-order valence-corrected chi connectivity index (χ0v) is 7.78. The summed E-state index contributed by atoms with van der Waals surface area (Å²) in [7, 11) is 1.30. The Kier molecular flexibility index (Phi) is 5.30. The van der Waals surface area contributed by atoms with Gasteiger partial charge in [0.1, 0.15) is 5.92 Å². The summed E-state index contributed by atoms with van der Waals surface area (Å²) < 4.78 is 4.54. The lowest BCUT2D eigenvalue weighted by molar-refractivity contribution is -0.145. The first kappa shape index (κ1) is 11.4. The van der Waals surface area contributed by atoms with Crippen LogP contribution in [0.5, 0.6) is 0 Å². The summed E-state index contributed by atoms with van der Waals surface area (Å²) in [5.41, 5.74) is 0. The fourth-order valence-electron chi connectivity index (χ4n) is 1.02. The van der Waals surface area contributed by atoms with Gasteiger partial charge < -0.3 is 4.74 Å². The van der Waals surface area contributed by atoms with Gasteiger partial charge in [-0.2, -0.15) is 10.5 Å². The van der Waals surface area contributed by atoms with Gasteiger partial charge in [0.15, 0.2) is 0 Å². The number of esters is 1. The first-order valence-electron chi connectivity index (χ1n) is 4.06. The molecule has 0 aliphatic heterocycles. The molecule has 0 heterocycles. The lowest BCUT2D eigenvalue weighted by Crippen LogP contribution is -2.18. The van der Waals surface area contributed by atoms with Crippen molar-refractivity contribution >= 4 is 5.97 Å². The van der Waals surface area contributed by atoms with Gasteiger partial charge in [0, 0.05) is 0 Å². The SMILES string of the molecule is CCC(CC(C#N)C#N)C(=O)OC. The molecule has 0 aliphatic carbocycles. The van der Waals surface area contributed by atoms with Gasteiger partial charge >= 0.3 is 5.97 Å². The Morgan fingerprint density at radius 1 is 1.46 bits per heavy atom. The Morgan fingerprint density at radius 2 is 2.00 bits per heavy atom. The zero-order chi connectivity index (χ0) is 10.3. The Bertz CT molecular complexity index is 235. The van der Waals surface area contributed by atoms with Crippen molar-refractivity contribution in [2.24, 2.45) is 11.8 Å². The minimum atomic E-state index is -0.718. The van der Waals surface area contributed by atoms with Gasteiger partial charge in [0.25, 0.3) is 0 Å². The summed E-state index contributed by atoms with van der Waals surface area (Å²) in [6.07, 6.45) is 0.850. The molecular weight excluding hydrogens is 168 g/mol. The molecule has 0 aliphatic rings. The van der Waals surface area contributed by atoms with Gasteiger partial charge in [-0.15, -0.1) is 0 Å². The van der Waals surface area contributed by atoms with Crippen molar-refractivity contribution in [2.45, 2.75) is 19.8 Å². The molecule has 0 rings (SSSR count). The average molecular weight is 180 g/mol. The van der Waals surface area contributed by atoms with Crippen LogP contribution in [-0.2, 0) is 9.53 Å². The Hall–Kier alpha value is -1.55. The van der Waals surface area contributed by atoms with Gasteiger partial charge in [-0.05, 0) is 12.8 Å². The fraction of sp³-hybridized carbons (Fsp3) is 0.667. The van der Waals surface area contributed by atoms with Crippen LogP contribution in [0.25, 0.3) is 0 Å². The smallest absolute Gasteiger partial charge is 0.308 e. The molecule has 0 fully saturated rings. The first-order chi connectivity index (χ1) is 6.19. The summed E-state index contributed by atoms with van der Waals surface area (Å²) >= 11 is 0. The number of hydrogen-bond acceptors (Lipinski definition) is 4. The van der Waals surface area contributed by atoms with Crippen molar-refractivity contribution in [2.75, 3.05) is 7.11 Å². The summed E-state index contributed by atoms with van der Waals surface area (Å²) in [6, 6.07) is 3.65. The molecule has 0 amide bonds. The maximum atomic E-state index is 11.1. The standard InChI is InChI=1S/C9H12N2O2/c1-3-8(9(12)13-2)4-7(5-10)6-11/h7-8H,3-4H2,1-2H3. The molecule has 70 valence electrons. The molecule has 1 unspecified atom stereocenters. The van der Waals surface area contributed by atoms with Crippen LogP contribution in [0.4, 0.5) is 0 Å². The predicted octanol–water partition coefficient (Wildman–Crippen LogP) is 1.24. The minimum Gasteiger partial charge on any atom is -0.469 e. The van der Waals surface area contributed by atoms with Crippen molar-refractivity contribution in [3.63, 3.8) is 0 Å². The van der Waals surface area contributed by atoms with E-state index in [1.165, 1.54) is 7.11 Å². The molecule has 0 N–H and O–H groups in total. The number of nitrogens with zero attached hydrogens (tertiary/aromatic N) is 2. The van der Waals surface area contributed by atoms with E-state index in [9.17, 15) is 4.79 Å². The Morgan fingerprint density at radius 3 is 2.31 bits per heavy atom. The summed E-state index contributed by atoms with van der Waals surface area (Å²) in [6.45, 7) is 1.83. The Labute approximate surface area is 77.7 Å². The second-order valence-corrected chi connectivity index (χ2v) is 2.67. The van der Waals surface area contributed by atoms with Gasteiger partial charge in [0.2, 0.25) is 0 Å². The molecule has 0 bridgehead atoms. The van der Waals surface area contributed by atoms with E-state index in [1.807, 2.05) is 19.1 Å². The lowest BCUT2D eigenvalue weighted by Gasteiger charge is -2.11. The molecule has 1 atom stereocenters. The van der Waals surface area contributed by atoms with E-state index in [0.717, 1.165) is 0 Å². The maximum Gasteiger partial charge on any atom is 0.308 e. The second-order valence-electron chi connectivity index (χ2n) is 2.67. The molecular formula is C9H12N2O2. The molecule has 0 saturated carbocycles. The molecule has 0 aromatic heterocycles. The highest BCUT2D eigenvalue weighted by Crippen LogP contribution is 2.16. The van der Waals surface area contributed by atoms with Gasteiger partial charge in [-0.1, -0.05) is 6.92 Å². The van der Waals surface area contributed by atoms with Gasteiger partial charge in [-0.3, -0.25) is 4.79 Å². The zero-order valence-electron chi connectivity index (χ0n) is 7.78. The number of nitriles is 2. The Balaban J connectivity index is 4.23. The van der Waals surface area contributed by atoms with Gasteiger partial charge in [-0.25, -0.2) is 0 Å². The van der Waals surface area contributed by atoms with Crippen LogP contribution < -0.4 is 0 Å². The third-order valence-corrected chi connectivity index (χ3v) is 1.86. The topological polar surface area (TPSA) is 73.9 Å². The van der Waals surface area contributed by atoms with Crippen LogP contribution in [0, 0.1) is 34.5 Å².